The van der Waals surface area contributed by atoms with Crippen LogP contribution in [0.2, 0.25) is 0 Å². The molecule has 0 saturated carbocycles. The van der Waals surface area contributed by atoms with Crippen LogP contribution in [0.3, 0.4) is 0 Å². The number of ether oxygens (including phenoxy) is 1. The number of halogens is 1. The molecule has 0 radical (unpaired) electrons. The molecule has 0 aliphatic heterocycles. The number of hydrogen-bond acceptors (Lipinski definition) is 3. The van der Waals surface area contributed by atoms with Crippen LogP contribution < -0.4 is 4.74 Å². The van der Waals surface area contributed by atoms with Crippen LogP contribution in [0.15, 0.2) is 48.5 Å². The van der Waals surface area contributed by atoms with Gasteiger partial charge in [0.15, 0.2) is 0 Å². The average Bonchev–Trinajstić information content (AvgIpc) is 2.48. The van der Waals surface area contributed by atoms with Crippen molar-refractivity contribution in [3.63, 3.8) is 0 Å². The molecule has 0 fully saturated rings. The van der Waals surface area contributed by atoms with Gasteiger partial charge in [-0.3, -0.25) is 0 Å². The molecular weight excluding hydrogens is 273 g/mol. The molecule has 4 nitrogen and oxygen atoms in total. The largest absolute Gasteiger partial charge is 0.478 e. The van der Waals surface area contributed by atoms with Crippen LogP contribution in [0.5, 0.6) is 11.5 Å². The Morgan fingerprint density at radius 2 is 1.95 bits per heavy atom. The summed E-state index contributed by atoms with van der Waals surface area (Å²) >= 11 is 0. The summed E-state index contributed by atoms with van der Waals surface area (Å²) < 4.78 is 18.3. The molecule has 5 heteroatoms. The second-order valence-corrected chi connectivity index (χ2v) is 4.09. The minimum Gasteiger partial charge on any atom is -0.478 e. The zero-order valence-electron chi connectivity index (χ0n) is 10.8. The number of carbonyl (C=O) groups is 1. The molecule has 0 aromatic heterocycles. The average molecular weight is 283 g/mol. The molecule has 2 aromatic rings. The van der Waals surface area contributed by atoms with Gasteiger partial charge in [-0.05, 0) is 48.0 Å². The minimum atomic E-state index is -1.07. The Morgan fingerprint density at radius 1 is 1.24 bits per heavy atom. The number of hydrogen-bond donors (Lipinski definition) is 1. The van der Waals surface area contributed by atoms with E-state index in [0.717, 1.165) is 6.08 Å². The molecule has 2 rings (SSSR count). The summed E-state index contributed by atoms with van der Waals surface area (Å²) in [6, 6.07) is 12.1. The van der Waals surface area contributed by atoms with E-state index in [1.54, 1.807) is 12.1 Å². The molecule has 0 heterocycles. The molecule has 0 atom stereocenters. The third kappa shape index (κ3) is 3.91. The molecule has 1 N–H and O–H groups in total. The van der Waals surface area contributed by atoms with Crippen LogP contribution in [0.4, 0.5) is 4.39 Å². The van der Waals surface area contributed by atoms with Crippen molar-refractivity contribution in [1.82, 2.24) is 0 Å². The van der Waals surface area contributed by atoms with E-state index in [-0.39, 0.29) is 11.4 Å². The van der Waals surface area contributed by atoms with Gasteiger partial charge in [0, 0.05) is 6.08 Å². The number of carboxylic acids is 1. The van der Waals surface area contributed by atoms with Crippen molar-refractivity contribution in [2.75, 3.05) is 0 Å². The van der Waals surface area contributed by atoms with Crippen molar-refractivity contribution < 1.29 is 19.0 Å². The molecule has 0 spiro atoms. The summed E-state index contributed by atoms with van der Waals surface area (Å²) in [7, 11) is 0. The zero-order valence-corrected chi connectivity index (χ0v) is 10.8. The summed E-state index contributed by atoms with van der Waals surface area (Å²) in [5, 5.41) is 17.7. The van der Waals surface area contributed by atoms with Crippen LogP contribution >= 0.6 is 0 Å². The highest BCUT2D eigenvalue weighted by Crippen LogP contribution is 2.26. The lowest BCUT2D eigenvalue weighted by Crippen LogP contribution is -1.90. The van der Waals surface area contributed by atoms with E-state index in [4.69, 9.17) is 15.1 Å². The predicted molar refractivity (Wildman–Crippen MR) is 74.3 cm³/mol. The van der Waals surface area contributed by atoms with Gasteiger partial charge in [0.1, 0.15) is 23.4 Å². The normalized spacial score (nSPS) is 10.3. The third-order valence-electron chi connectivity index (χ3n) is 2.58. The number of nitrogens with zero attached hydrogens (tertiary/aromatic N) is 1. The first kappa shape index (κ1) is 14.3. The Labute approximate surface area is 120 Å². The van der Waals surface area contributed by atoms with Gasteiger partial charge in [-0.25, -0.2) is 9.18 Å². The lowest BCUT2D eigenvalue weighted by molar-refractivity contribution is -0.131. The van der Waals surface area contributed by atoms with E-state index >= 15 is 0 Å². The fraction of sp³-hybridized carbons (Fsp3) is 0. The highest BCUT2D eigenvalue weighted by atomic mass is 19.1. The van der Waals surface area contributed by atoms with Crippen molar-refractivity contribution in [1.29, 1.82) is 5.26 Å². The fourth-order valence-electron chi connectivity index (χ4n) is 1.62. The third-order valence-corrected chi connectivity index (χ3v) is 2.58. The van der Waals surface area contributed by atoms with Gasteiger partial charge in [0.2, 0.25) is 0 Å². The van der Waals surface area contributed by atoms with E-state index in [2.05, 4.69) is 0 Å². The van der Waals surface area contributed by atoms with E-state index in [0.29, 0.717) is 17.1 Å². The van der Waals surface area contributed by atoms with Gasteiger partial charge in [-0.2, -0.15) is 5.26 Å². The minimum absolute atomic E-state index is 0.256. The standard InChI is InChI=1S/C16H10FNO3/c17-13-3-5-14(6-4-13)21-15-7-1-11(2-8-16(19)20)9-12(15)10-18/h1-9H,(H,19,20)/b8-2+. The summed E-state index contributed by atoms with van der Waals surface area (Å²) in [5.41, 5.74) is 0.826. The quantitative estimate of drug-likeness (QED) is 0.870. The number of aliphatic carboxylic acids is 1. The maximum absolute atomic E-state index is 12.8. The van der Waals surface area contributed by atoms with Crippen LogP contribution in [-0.4, -0.2) is 11.1 Å². The SMILES string of the molecule is N#Cc1cc(/C=C/C(=O)O)ccc1Oc1ccc(F)cc1. The molecule has 0 saturated heterocycles. The zero-order chi connectivity index (χ0) is 15.2. The van der Waals surface area contributed by atoms with Gasteiger partial charge in [-0.1, -0.05) is 6.07 Å². The fourth-order valence-corrected chi connectivity index (χ4v) is 1.62. The van der Waals surface area contributed by atoms with Crippen LogP contribution in [0.1, 0.15) is 11.1 Å². The lowest BCUT2D eigenvalue weighted by Gasteiger charge is -2.08. The first-order chi connectivity index (χ1) is 10.1. The van der Waals surface area contributed by atoms with E-state index < -0.39 is 5.97 Å². The Bertz CT molecular complexity index is 730. The predicted octanol–water partition coefficient (Wildman–Crippen LogP) is 3.59. The maximum atomic E-state index is 12.8. The van der Waals surface area contributed by atoms with Gasteiger partial charge in [0.05, 0.1) is 5.56 Å². The van der Waals surface area contributed by atoms with Gasteiger partial charge >= 0.3 is 5.97 Å². The second-order valence-electron chi connectivity index (χ2n) is 4.09. The molecule has 21 heavy (non-hydrogen) atoms. The lowest BCUT2D eigenvalue weighted by atomic mass is 10.1. The Kier molecular flexibility index (Phi) is 4.32. The Balaban J connectivity index is 2.26. The summed E-state index contributed by atoms with van der Waals surface area (Å²) in [6.45, 7) is 0. The number of nitriles is 1. The molecule has 104 valence electrons. The highest BCUT2D eigenvalue weighted by molar-refractivity contribution is 5.85. The van der Waals surface area contributed by atoms with E-state index in [1.807, 2.05) is 6.07 Å². The molecule has 0 aliphatic carbocycles. The van der Waals surface area contributed by atoms with Crippen molar-refractivity contribution >= 4 is 12.0 Å². The molecule has 0 bridgehead atoms. The van der Waals surface area contributed by atoms with Crippen molar-refractivity contribution in [3.05, 3.63) is 65.5 Å². The summed E-state index contributed by atoms with van der Waals surface area (Å²) in [5.74, 6) is -0.726. The Morgan fingerprint density at radius 3 is 2.57 bits per heavy atom. The molecule has 0 unspecified atom stereocenters. The monoisotopic (exact) mass is 283 g/mol. The Hall–Kier alpha value is -3.13. The molecule has 0 amide bonds. The molecule has 0 aliphatic rings. The second kappa shape index (κ2) is 6.35. The molecular formula is C16H10FNO3. The smallest absolute Gasteiger partial charge is 0.328 e. The topological polar surface area (TPSA) is 70.3 Å². The summed E-state index contributed by atoms with van der Waals surface area (Å²) in [4.78, 5) is 10.5. The van der Waals surface area contributed by atoms with Crippen LogP contribution in [0.25, 0.3) is 6.08 Å². The van der Waals surface area contributed by atoms with E-state index in [1.165, 1.54) is 36.4 Å². The first-order valence-corrected chi connectivity index (χ1v) is 5.97. The number of rotatable bonds is 4. The number of carboxylic acid groups (broad SMARTS) is 1. The van der Waals surface area contributed by atoms with Crippen molar-refractivity contribution in [2.45, 2.75) is 0 Å². The van der Waals surface area contributed by atoms with Crippen molar-refractivity contribution in [3.8, 4) is 17.6 Å². The number of benzene rings is 2. The maximum Gasteiger partial charge on any atom is 0.328 e. The summed E-state index contributed by atoms with van der Waals surface area (Å²) in [6.07, 6.45) is 2.36. The van der Waals surface area contributed by atoms with Crippen molar-refractivity contribution in [2.24, 2.45) is 0 Å². The first-order valence-electron chi connectivity index (χ1n) is 5.97. The highest BCUT2D eigenvalue weighted by Gasteiger charge is 2.06. The van der Waals surface area contributed by atoms with Crippen LogP contribution in [-0.2, 0) is 4.79 Å². The van der Waals surface area contributed by atoms with Gasteiger partial charge in [-0.15, -0.1) is 0 Å². The van der Waals surface area contributed by atoms with Gasteiger partial charge < -0.3 is 9.84 Å². The van der Waals surface area contributed by atoms with E-state index in [9.17, 15) is 9.18 Å². The molecule has 2 aromatic carbocycles. The van der Waals surface area contributed by atoms with Gasteiger partial charge in [0.25, 0.3) is 0 Å². The van der Waals surface area contributed by atoms with Crippen LogP contribution in [0, 0.1) is 17.1 Å².